The average Bonchev–Trinajstić information content (AvgIpc) is 3.40. The van der Waals surface area contributed by atoms with Crippen LogP contribution in [0.1, 0.15) is 16.4 Å². The van der Waals surface area contributed by atoms with Crippen LogP contribution in [0.3, 0.4) is 0 Å². The predicted octanol–water partition coefficient (Wildman–Crippen LogP) is 3.78. The number of primary sulfonamides is 1. The third-order valence-corrected chi connectivity index (χ3v) is 10.9. The summed E-state index contributed by atoms with van der Waals surface area (Å²) in [6, 6.07) is 17.0. The van der Waals surface area contributed by atoms with Crippen LogP contribution in [0.25, 0.3) is 0 Å². The third-order valence-electron chi connectivity index (χ3n) is 7.13. The minimum Gasteiger partial charge on any atom is -0.325 e. The van der Waals surface area contributed by atoms with Crippen molar-refractivity contribution in [2.75, 3.05) is 10.2 Å². The molecule has 0 saturated carbocycles. The molecule has 1 fully saturated rings. The molecule has 2 aliphatic heterocycles. The highest BCUT2D eigenvalue weighted by Crippen LogP contribution is 2.53. The summed E-state index contributed by atoms with van der Waals surface area (Å²) in [7, 11) is -3.92. The first-order valence-electron chi connectivity index (χ1n) is 12.6. The van der Waals surface area contributed by atoms with Crippen LogP contribution in [0.2, 0.25) is 5.02 Å². The predicted molar refractivity (Wildman–Crippen MR) is 160 cm³/mol. The van der Waals surface area contributed by atoms with Gasteiger partial charge >= 0.3 is 4.87 Å². The molecule has 0 bridgehead atoms. The van der Waals surface area contributed by atoms with E-state index in [-0.39, 0.29) is 10.6 Å². The fraction of sp³-hybridized carbons (Fsp3) is 0.143. The van der Waals surface area contributed by atoms with Gasteiger partial charge in [-0.05, 0) is 66.2 Å². The molecule has 3 amide bonds. The molecule has 3 N–H and O–H groups in total. The number of carbonyl (C=O) groups excluding carboxylic acids is 3. The van der Waals surface area contributed by atoms with E-state index in [4.69, 9.17) is 16.7 Å². The van der Waals surface area contributed by atoms with Gasteiger partial charge in [0.25, 0.3) is 0 Å². The molecule has 43 heavy (non-hydrogen) atoms. The number of sulfonamides is 1. The van der Waals surface area contributed by atoms with E-state index in [1.807, 2.05) is 0 Å². The van der Waals surface area contributed by atoms with Gasteiger partial charge in [0.15, 0.2) is 0 Å². The van der Waals surface area contributed by atoms with Crippen LogP contribution in [0.15, 0.2) is 87.5 Å². The number of halogens is 2. The van der Waals surface area contributed by atoms with E-state index in [9.17, 15) is 32.0 Å². The average molecular weight is 659 g/mol. The summed E-state index contributed by atoms with van der Waals surface area (Å²) in [4.78, 5) is 54.8. The van der Waals surface area contributed by atoms with E-state index >= 15 is 0 Å². The van der Waals surface area contributed by atoms with Crippen LogP contribution in [0.5, 0.6) is 0 Å². The molecule has 15 heteroatoms. The summed E-state index contributed by atoms with van der Waals surface area (Å²) in [5.74, 6) is -3.64. The fourth-order valence-corrected chi connectivity index (χ4v) is 8.62. The Morgan fingerprint density at radius 1 is 0.953 bits per heavy atom. The van der Waals surface area contributed by atoms with E-state index in [1.165, 1.54) is 53.1 Å². The number of fused-ring (bicyclic) bond motifs is 2. The molecule has 1 aromatic heterocycles. The summed E-state index contributed by atoms with van der Waals surface area (Å²) in [5, 5.41) is 7.62. The summed E-state index contributed by atoms with van der Waals surface area (Å²) >= 11 is 7.91. The molecule has 6 rings (SSSR count). The Labute approximate surface area is 257 Å². The maximum absolute atomic E-state index is 13.9. The standard InChI is InChI=1S/C28H20ClFN4O6S3/c29-15-3-9-18(10-4-15)34-25(36)22-21(14-1-5-16(30)6-2-14)24-27(41-23(22)26(34)37)33(28(38)42-24)13-20(35)32-17-7-11-19(12-8-17)43(31,39)40/h1-12,21-23H,13H2,(H,32,35)(H2,31,39,40)/t21-,22+,23-/m0/s1. The van der Waals surface area contributed by atoms with Crippen molar-refractivity contribution in [1.29, 1.82) is 0 Å². The largest absolute Gasteiger partial charge is 0.325 e. The van der Waals surface area contributed by atoms with Gasteiger partial charge in [0, 0.05) is 21.5 Å². The molecule has 2 aliphatic rings. The maximum Gasteiger partial charge on any atom is 0.308 e. The van der Waals surface area contributed by atoms with Crippen molar-refractivity contribution in [3.8, 4) is 0 Å². The molecule has 0 spiro atoms. The fourth-order valence-electron chi connectivity index (χ4n) is 5.20. The Hall–Kier alpha value is -3.82. The zero-order chi connectivity index (χ0) is 30.6. The van der Waals surface area contributed by atoms with Crippen molar-refractivity contribution in [2.24, 2.45) is 11.1 Å². The second-order valence-electron chi connectivity index (χ2n) is 9.82. The van der Waals surface area contributed by atoms with Gasteiger partial charge in [-0.2, -0.15) is 0 Å². The smallest absolute Gasteiger partial charge is 0.308 e. The quantitative estimate of drug-likeness (QED) is 0.300. The van der Waals surface area contributed by atoms with E-state index in [1.54, 1.807) is 24.3 Å². The number of thiazole rings is 1. The Kier molecular flexibility index (Phi) is 7.50. The second-order valence-corrected chi connectivity index (χ2v) is 13.9. The number of nitrogens with two attached hydrogens (primary N) is 1. The van der Waals surface area contributed by atoms with Crippen LogP contribution < -0.4 is 20.2 Å². The molecule has 0 aliphatic carbocycles. The Morgan fingerprint density at radius 2 is 1.60 bits per heavy atom. The first kappa shape index (κ1) is 29.3. The minimum atomic E-state index is -3.92. The van der Waals surface area contributed by atoms with E-state index < -0.39 is 62.1 Å². The van der Waals surface area contributed by atoms with Crippen LogP contribution >= 0.6 is 34.7 Å². The zero-order valence-electron chi connectivity index (χ0n) is 21.8. The van der Waals surface area contributed by atoms with Crippen LogP contribution in [-0.4, -0.2) is 36.0 Å². The number of nitrogens with zero attached hydrogens (tertiary/aromatic N) is 2. The number of thioether (sulfide) groups is 1. The number of benzene rings is 3. The van der Waals surface area contributed by atoms with Crippen LogP contribution in [0.4, 0.5) is 15.8 Å². The van der Waals surface area contributed by atoms with Crippen LogP contribution in [-0.2, 0) is 31.0 Å². The van der Waals surface area contributed by atoms with E-state index in [0.29, 0.717) is 26.2 Å². The molecule has 3 aromatic carbocycles. The first-order valence-corrected chi connectivity index (χ1v) is 16.3. The molecule has 4 aromatic rings. The highest BCUT2D eigenvalue weighted by atomic mass is 35.5. The lowest BCUT2D eigenvalue weighted by Crippen LogP contribution is -2.33. The van der Waals surface area contributed by atoms with Gasteiger partial charge in [-0.15, -0.1) is 0 Å². The van der Waals surface area contributed by atoms with Gasteiger partial charge in [-0.25, -0.2) is 22.8 Å². The summed E-state index contributed by atoms with van der Waals surface area (Å²) < 4.78 is 38.1. The number of hydrogen-bond donors (Lipinski definition) is 2. The molecule has 0 radical (unpaired) electrons. The summed E-state index contributed by atoms with van der Waals surface area (Å²) in [6.07, 6.45) is 0. The van der Waals surface area contributed by atoms with Crippen LogP contribution in [0, 0.1) is 11.7 Å². The third kappa shape index (κ3) is 5.40. The van der Waals surface area contributed by atoms with E-state index in [2.05, 4.69) is 5.32 Å². The monoisotopic (exact) mass is 658 g/mol. The minimum absolute atomic E-state index is 0.130. The number of hydrogen-bond acceptors (Lipinski definition) is 8. The molecular formula is C28H20ClFN4O6S3. The van der Waals surface area contributed by atoms with Crippen molar-refractivity contribution >= 4 is 73.8 Å². The lowest BCUT2D eigenvalue weighted by molar-refractivity contribution is -0.122. The molecular weight excluding hydrogens is 639 g/mol. The van der Waals surface area contributed by atoms with Gasteiger partial charge in [0.05, 0.1) is 21.5 Å². The van der Waals surface area contributed by atoms with E-state index in [0.717, 1.165) is 28.0 Å². The van der Waals surface area contributed by atoms with Crippen molar-refractivity contribution < 1.29 is 27.2 Å². The second kappa shape index (κ2) is 11.0. The highest BCUT2D eigenvalue weighted by molar-refractivity contribution is 8.00. The number of aromatic nitrogens is 1. The first-order chi connectivity index (χ1) is 20.4. The lowest BCUT2D eigenvalue weighted by Gasteiger charge is -2.30. The topological polar surface area (TPSA) is 149 Å². The van der Waals surface area contributed by atoms with Gasteiger partial charge in [0.2, 0.25) is 27.7 Å². The number of nitrogens with one attached hydrogen (secondary N) is 1. The van der Waals surface area contributed by atoms with Gasteiger partial charge in [-0.1, -0.05) is 46.8 Å². The Bertz CT molecular complexity index is 1940. The van der Waals surface area contributed by atoms with Gasteiger partial charge in [-0.3, -0.25) is 23.7 Å². The molecule has 1 saturated heterocycles. The SMILES string of the molecule is NS(=O)(=O)c1ccc(NC(=O)Cn2c3c(sc2=O)[C@@H](c2ccc(F)cc2)[C@H]2C(=O)N(c4ccc(Cl)cc4)C(=O)[C@H]2S3)cc1. The summed E-state index contributed by atoms with van der Waals surface area (Å²) in [6.45, 7) is -0.412. The van der Waals surface area contributed by atoms with Gasteiger partial charge < -0.3 is 5.32 Å². The molecule has 3 heterocycles. The van der Waals surface area contributed by atoms with Crippen molar-refractivity contribution in [1.82, 2.24) is 4.57 Å². The van der Waals surface area contributed by atoms with Crippen molar-refractivity contribution in [3.63, 3.8) is 0 Å². The van der Waals surface area contributed by atoms with Gasteiger partial charge in [0.1, 0.15) is 17.6 Å². The molecule has 10 nitrogen and oxygen atoms in total. The maximum atomic E-state index is 13.9. The normalized spacial score (nSPS) is 19.7. The number of carbonyl (C=O) groups is 3. The number of anilines is 2. The Balaban J connectivity index is 1.36. The molecule has 3 atom stereocenters. The number of amides is 3. The Morgan fingerprint density at radius 3 is 2.23 bits per heavy atom. The number of imide groups is 1. The number of rotatable bonds is 6. The highest BCUT2D eigenvalue weighted by Gasteiger charge is 2.56. The summed E-state index contributed by atoms with van der Waals surface area (Å²) in [5.41, 5.74) is 1.17. The van der Waals surface area contributed by atoms with Crippen molar-refractivity contribution in [3.05, 3.63) is 104 Å². The molecule has 0 unspecified atom stereocenters. The van der Waals surface area contributed by atoms with Crippen molar-refractivity contribution in [2.45, 2.75) is 27.6 Å². The molecule has 220 valence electrons. The zero-order valence-corrected chi connectivity index (χ0v) is 25.0. The lowest BCUT2D eigenvalue weighted by atomic mass is 9.83.